The van der Waals surface area contributed by atoms with Crippen LogP contribution in [0.4, 0.5) is 10.2 Å². The van der Waals surface area contributed by atoms with Gasteiger partial charge >= 0.3 is 0 Å². The van der Waals surface area contributed by atoms with E-state index in [0.717, 1.165) is 60.9 Å². The summed E-state index contributed by atoms with van der Waals surface area (Å²) in [7, 11) is 0. The van der Waals surface area contributed by atoms with Crippen LogP contribution in [0.2, 0.25) is 0 Å². The fraction of sp³-hybridized carbons (Fsp3) is 0.417. The first-order chi connectivity index (χ1) is 15.6. The Balaban J connectivity index is 1.36. The van der Waals surface area contributed by atoms with Crippen LogP contribution < -0.4 is 4.90 Å². The number of imidazole rings is 1. The van der Waals surface area contributed by atoms with Crippen LogP contribution >= 0.6 is 0 Å². The second-order valence-corrected chi connectivity index (χ2v) is 8.67. The molecule has 2 aliphatic rings. The second-order valence-electron chi connectivity index (χ2n) is 8.67. The Labute approximate surface area is 186 Å². The third kappa shape index (κ3) is 4.27. The first-order valence-electron chi connectivity index (χ1n) is 11.2. The van der Waals surface area contributed by atoms with Gasteiger partial charge in [-0.05, 0) is 57.0 Å². The average Bonchev–Trinajstić information content (AvgIpc) is 3.29. The molecule has 0 saturated carbocycles. The van der Waals surface area contributed by atoms with E-state index in [2.05, 4.69) is 14.9 Å². The monoisotopic (exact) mass is 434 g/mol. The molecule has 2 aromatic heterocycles. The molecule has 5 rings (SSSR count). The highest BCUT2D eigenvalue weighted by atomic mass is 19.1. The lowest BCUT2D eigenvalue weighted by Crippen LogP contribution is -2.37. The number of aromatic nitrogens is 4. The Morgan fingerprint density at radius 2 is 2.00 bits per heavy atom. The van der Waals surface area contributed by atoms with Crippen molar-refractivity contribution in [1.82, 2.24) is 24.8 Å². The van der Waals surface area contributed by atoms with Crippen molar-refractivity contribution in [2.45, 2.75) is 51.6 Å². The van der Waals surface area contributed by atoms with Crippen molar-refractivity contribution in [3.63, 3.8) is 0 Å². The number of hydrogen-bond acceptors (Lipinski definition) is 5. The number of fused-ring (bicyclic) bond motifs is 1. The SMILES string of the molecule is Cc1nc(C2CCN(Cc3ncc[nH]3)CC2)nc2c1CCC(=O)N2Cc1cccc(F)c1. The zero-order valence-corrected chi connectivity index (χ0v) is 18.2. The minimum Gasteiger partial charge on any atom is -0.348 e. The Hall–Kier alpha value is -3.13. The van der Waals surface area contributed by atoms with Gasteiger partial charge in [0, 0.05) is 36.0 Å². The number of anilines is 1. The highest BCUT2D eigenvalue weighted by Crippen LogP contribution is 2.33. The zero-order valence-electron chi connectivity index (χ0n) is 18.2. The number of nitrogens with one attached hydrogen (secondary N) is 1. The molecule has 1 aromatic carbocycles. The molecule has 7 nitrogen and oxygen atoms in total. The molecule has 166 valence electrons. The molecule has 0 bridgehead atoms. The smallest absolute Gasteiger partial charge is 0.228 e. The number of carbonyl (C=O) groups is 1. The van der Waals surface area contributed by atoms with Gasteiger partial charge < -0.3 is 4.98 Å². The highest BCUT2D eigenvalue weighted by molar-refractivity contribution is 5.95. The molecule has 0 aliphatic carbocycles. The fourth-order valence-corrected chi connectivity index (χ4v) is 4.71. The average molecular weight is 435 g/mol. The van der Waals surface area contributed by atoms with Gasteiger partial charge in [0.25, 0.3) is 0 Å². The highest BCUT2D eigenvalue weighted by Gasteiger charge is 2.30. The number of likely N-dealkylation sites (tertiary alicyclic amines) is 1. The maximum Gasteiger partial charge on any atom is 0.228 e. The number of H-pyrrole nitrogens is 1. The molecule has 32 heavy (non-hydrogen) atoms. The lowest BCUT2D eigenvalue weighted by Gasteiger charge is -2.33. The summed E-state index contributed by atoms with van der Waals surface area (Å²) in [6.07, 6.45) is 6.65. The van der Waals surface area contributed by atoms with Crippen molar-refractivity contribution in [3.05, 3.63) is 70.9 Å². The summed E-state index contributed by atoms with van der Waals surface area (Å²) in [5.41, 5.74) is 2.73. The summed E-state index contributed by atoms with van der Waals surface area (Å²) >= 11 is 0. The van der Waals surface area contributed by atoms with E-state index in [1.807, 2.05) is 19.2 Å². The molecule has 1 amide bonds. The number of halogens is 1. The number of amides is 1. The van der Waals surface area contributed by atoms with Crippen LogP contribution in [0.15, 0.2) is 36.7 Å². The Morgan fingerprint density at radius 1 is 1.16 bits per heavy atom. The lowest BCUT2D eigenvalue weighted by atomic mass is 9.94. The van der Waals surface area contributed by atoms with Gasteiger partial charge in [0.05, 0.1) is 13.1 Å². The summed E-state index contributed by atoms with van der Waals surface area (Å²) in [5.74, 6) is 2.49. The van der Waals surface area contributed by atoms with Crippen LogP contribution in [-0.2, 0) is 24.3 Å². The predicted molar refractivity (Wildman–Crippen MR) is 119 cm³/mol. The van der Waals surface area contributed by atoms with E-state index >= 15 is 0 Å². The van der Waals surface area contributed by atoms with Crippen LogP contribution in [0.5, 0.6) is 0 Å². The third-order valence-corrected chi connectivity index (χ3v) is 6.47. The van der Waals surface area contributed by atoms with Crippen LogP contribution in [-0.4, -0.2) is 43.8 Å². The molecular weight excluding hydrogens is 407 g/mol. The molecule has 1 fully saturated rings. The number of benzene rings is 1. The van der Waals surface area contributed by atoms with E-state index in [4.69, 9.17) is 9.97 Å². The lowest BCUT2D eigenvalue weighted by molar-refractivity contribution is -0.119. The molecule has 2 aliphatic heterocycles. The Morgan fingerprint density at radius 3 is 2.75 bits per heavy atom. The fourth-order valence-electron chi connectivity index (χ4n) is 4.71. The van der Waals surface area contributed by atoms with Gasteiger partial charge in [-0.1, -0.05) is 12.1 Å². The number of rotatable bonds is 5. The standard InChI is InChI=1S/C24H27FN6O/c1-16-20-5-6-22(32)31(14-17-3-2-4-19(25)13-17)24(20)29-23(28-16)18-7-11-30(12-8-18)15-21-26-9-10-27-21/h2-4,9-10,13,18H,5-8,11-12,14-15H2,1H3,(H,26,27). The van der Waals surface area contributed by atoms with Crippen molar-refractivity contribution < 1.29 is 9.18 Å². The minimum atomic E-state index is -0.298. The van der Waals surface area contributed by atoms with Gasteiger partial charge in [-0.15, -0.1) is 0 Å². The molecule has 0 atom stereocenters. The van der Waals surface area contributed by atoms with E-state index in [-0.39, 0.29) is 17.6 Å². The van der Waals surface area contributed by atoms with Crippen molar-refractivity contribution in [1.29, 1.82) is 0 Å². The molecule has 8 heteroatoms. The minimum absolute atomic E-state index is 0.0269. The van der Waals surface area contributed by atoms with Crippen LogP contribution in [0, 0.1) is 12.7 Å². The molecule has 3 aromatic rings. The van der Waals surface area contributed by atoms with Crippen molar-refractivity contribution in [2.75, 3.05) is 18.0 Å². The number of carbonyl (C=O) groups excluding carboxylic acids is 1. The van der Waals surface area contributed by atoms with Gasteiger partial charge in [-0.2, -0.15) is 0 Å². The predicted octanol–water partition coefficient (Wildman–Crippen LogP) is 3.51. The van der Waals surface area contributed by atoms with E-state index < -0.39 is 0 Å². The molecule has 1 N–H and O–H groups in total. The van der Waals surface area contributed by atoms with Crippen molar-refractivity contribution in [2.24, 2.45) is 0 Å². The molecule has 0 radical (unpaired) electrons. The normalized spacial score (nSPS) is 17.6. The van der Waals surface area contributed by atoms with Gasteiger partial charge in [-0.25, -0.2) is 19.3 Å². The number of aromatic amines is 1. The number of nitrogens with zero attached hydrogens (tertiary/aromatic N) is 5. The Bertz CT molecular complexity index is 1110. The summed E-state index contributed by atoms with van der Waals surface area (Å²) in [6, 6.07) is 6.41. The summed E-state index contributed by atoms with van der Waals surface area (Å²) in [4.78, 5) is 34.1. The van der Waals surface area contributed by atoms with E-state index in [0.29, 0.717) is 25.2 Å². The largest absolute Gasteiger partial charge is 0.348 e. The third-order valence-electron chi connectivity index (χ3n) is 6.47. The molecule has 0 spiro atoms. The molecular formula is C24H27FN6O. The van der Waals surface area contributed by atoms with E-state index in [1.165, 1.54) is 12.1 Å². The van der Waals surface area contributed by atoms with Gasteiger partial charge in [-0.3, -0.25) is 14.6 Å². The van der Waals surface area contributed by atoms with E-state index in [9.17, 15) is 9.18 Å². The number of hydrogen-bond donors (Lipinski definition) is 1. The topological polar surface area (TPSA) is 78.0 Å². The molecule has 0 unspecified atom stereocenters. The molecule has 4 heterocycles. The maximum absolute atomic E-state index is 13.7. The van der Waals surface area contributed by atoms with Crippen molar-refractivity contribution in [3.8, 4) is 0 Å². The quantitative estimate of drug-likeness (QED) is 0.665. The van der Waals surface area contributed by atoms with Crippen molar-refractivity contribution >= 4 is 11.7 Å². The Kier molecular flexibility index (Phi) is 5.70. The summed E-state index contributed by atoms with van der Waals surface area (Å²) < 4.78 is 13.7. The first kappa shape index (κ1) is 20.8. The zero-order chi connectivity index (χ0) is 22.1. The van der Waals surface area contributed by atoms with E-state index in [1.54, 1.807) is 17.2 Å². The number of aryl methyl sites for hydroxylation is 1. The second kappa shape index (κ2) is 8.78. The molecule has 1 saturated heterocycles. The summed E-state index contributed by atoms with van der Waals surface area (Å²) in [6.45, 7) is 5.06. The number of piperidine rings is 1. The van der Waals surface area contributed by atoms with Gasteiger partial charge in [0.2, 0.25) is 5.91 Å². The van der Waals surface area contributed by atoms with Crippen LogP contribution in [0.1, 0.15) is 53.7 Å². The summed E-state index contributed by atoms with van der Waals surface area (Å²) in [5, 5.41) is 0. The van der Waals surface area contributed by atoms with Gasteiger partial charge in [0.15, 0.2) is 0 Å². The van der Waals surface area contributed by atoms with Crippen LogP contribution in [0.25, 0.3) is 0 Å². The van der Waals surface area contributed by atoms with Crippen LogP contribution in [0.3, 0.4) is 0 Å². The first-order valence-corrected chi connectivity index (χ1v) is 11.2. The van der Waals surface area contributed by atoms with Gasteiger partial charge in [0.1, 0.15) is 23.3 Å². The maximum atomic E-state index is 13.7.